The van der Waals surface area contributed by atoms with Crippen LogP contribution < -0.4 is 0 Å². The Bertz CT molecular complexity index is 630. The zero-order valence-electron chi connectivity index (χ0n) is 11.8. The van der Waals surface area contributed by atoms with Crippen molar-refractivity contribution in [3.63, 3.8) is 0 Å². The Hall–Kier alpha value is -1.06. The van der Waals surface area contributed by atoms with E-state index >= 15 is 0 Å². The fourth-order valence-electron chi connectivity index (χ4n) is 2.06. The molecule has 0 aromatic heterocycles. The van der Waals surface area contributed by atoms with Gasteiger partial charge in [0.05, 0.1) is 0 Å². The molecule has 0 saturated heterocycles. The Morgan fingerprint density at radius 1 is 0.652 bits per heavy atom. The third-order valence-corrected chi connectivity index (χ3v) is 4.07. The van der Waals surface area contributed by atoms with E-state index in [4.69, 9.17) is 46.4 Å². The summed E-state index contributed by atoms with van der Waals surface area (Å²) >= 11 is 22.3. The fraction of sp³-hybridized carbons (Fsp3) is 0.176. The summed E-state index contributed by atoms with van der Waals surface area (Å²) in [5.74, 6) is -0.640. The number of carbonyl (C=O) groups excluding carboxylic acids is 2. The second kappa shape index (κ2) is 8.16. The van der Waals surface area contributed by atoms with E-state index in [9.17, 15) is 9.59 Å². The summed E-state index contributed by atoms with van der Waals surface area (Å²) in [4.78, 5) is 21.2. The predicted molar refractivity (Wildman–Crippen MR) is 95.3 cm³/mol. The predicted octanol–water partition coefficient (Wildman–Crippen LogP) is 5.25. The number of hydrogen-bond acceptors (Lipinski definition) is 2. The highest BCUT2D eigenvalue weighted by Crippen LogP contribution is 2.17. The molecule has 0 radical (unpaired) electrons. The van der Waals surface area contributed by atoms with Crippen molar-refractivity contribution in [3.8, 4) is 0 Å². The lowest BCUT2D eigenvalue weighted by atomic mass is 10.0. The van der Waals surface area contributed by atoms with Crippen molar-refractivity contribution in [1.29, 1.82) is 0 Å². The van der Waals surface area contributed by atoms with Gasteiger partial charge in [0, 0.05) is 11.1 Å². The molecular formula is C17H12Cl4O2. The molecule has 2 rings (SSSR count). The quantitative estimate of drug-likeness (QED) is 0.499. The van der Waals surface area contributed by atoms with Crippen molar-refractivity contribution >= 4 is 58.0 Å². The van der Waals surface area contributed by atoms with Crippen LogP contribution in [0.15, 0.2) is 48.5 Å². The van der Waals surface area contributed by atoms with Gasteiger partial charge in [-0.1, -0.05) is 94.9 Å². The number of carbonyl (C=O) groups is 2. The van der Waals surface area contributed by atoms with Crippen LogP contribution in [0.1, 0.15) is 31.8 Å². The van der Waals surface area contributed by atoms with Crippen molar-refractivity contribution in [2.75, 3.05) is 0 Å². The number of alkyl halides is 4. The lowest BCUT2D eigenvalue weighted by molar-refractivity contribution is 0.0999. The molecule has 0 aliphatic rings. The molecule has 0 unspecified atom stereocenters. The van der Waals surface area contributed by atoms with E-state index < -0.39 is 9.67 Å². The van der Waals surface area contributed by atoms with Crippen molar-refractivity contribution in [2.24, 2.45) is 0 Å². The standard InChI is InChI=1S/C17H12Cl4O2/c18-16(19)14(22)12-5-1-10(2-6-12)9-11-3-7-13(8-4-11)15(23)17(20)21/h1-8,16-17H,9H2. The highest BCUT2D eigenvalue weighted by molar-refractivity contribution is 6.55. The van der Waals surface area contributed by atoms with Crippen molar-refractivity contribution in [1.82, 2.24) is 0 Å². The van der Waals surface area contributed by atoms with Gasteiger partial charge in [-0.15, -0.1) is 0 Å². The first kappa shape index (κ1) is 18.3. The minimum atomic E-state index is -1.06. The van der Waals surface area contributed by atoms with Gasteiger partial charge in [-0.25, -0.2) is 0 Å². The summed E-state index contributed by atoms with van der Waals surface area (Å²) in [6, 6.07) is 14.1. The summed E-state index contributed by atoms with van der Waals surface area (Å²) in [6.45, 7) is 0. The number of Topliss-reactive ketones (excluding diaryl/α,β-unsaturated/α-hetero) is 2. The van der Waals surface area contributed by atoms with Gasteiger partial charge in [0.2, 0.25) is 0 Å². The van der Waals surface area contributed by atoms with E-state index in [0.29, 0.717) is 17.5 Å². The maximum atomic E-state index is 11.7. The molecule has 0 N–H and O–H groups in total. The molecule has 0 heterocycles. The second-order valence-electron chi connectivity index (χ2n) is 4.90. The monoisotopic (exact) mass is 388 g/mol. The molecule has 120 valence electrons. The van der Waals surface area contributed by atoms with Crippen LogP contribution in [0.2, 0.25) is 0 Å². The highest BCUT2D eigenvalue weighted by Gasteiger charge is 2.15. The number of benzene rings is 2. The fourth-order valence-corrected chi connectivity index (χ4v) is 2.57. The highest BCUT2D eigenvalue weighted by atomic mass is 35.5. The Morgan fingerprint density at radius 2 is 0.957 bits per heavy atom. The average molecular weight is 390 g/mol. The molecule has 0 bridgehead atoms. The van der Waals surface area contributed by atoms with Gasteiger partial charge < -0.3 is 0 Å². The molecule has 2 nitrogen and oxygen atoms in total. The van der Waals surface area contributed by atoms with Gasteiger partial charge in [0.1, 0.15) is 0 Å². The van der Waals surface area contributed by atoms with Gasteiger partial charge >= 0.3 is 0 Å². The van der Waals surface area contributed by atoms with Gasteiger partial charge in [-0.05, 0) is 17.5 Å². The van der Waals surface area contributed by atoms with Gasteiger partial charge in [0.25, 0.3) is 0 Å². The molecule has 6 heteroatoms. The van der Waals surface area contributed by atoms with E-state index in [-0.39, 0.29) is 11.6 Å². The van der Waals surface area contributed by atoms with Gasteiger partial charge in [0.15, 0.2) is 21.2 Å². The molecule has 23 heavy (non-hydrogen) atoms. The van der Waals surface area contributed by atoms with Crippen molar-refractivity contribution in [2.45, 2.75) is 16.1 Å². The Morgan fingerprint density at radius 3 is 1.22 bits per heavy atom. The first-order chi connectivity index (χ1) is 10.9. The normalized spacial score (nSPS) is 11.0. The number of hydrogen-bond donors (Lipinski definition) is 0. The number of halogens is 4. The Kier molecular flexibility index (Phi) is 6.49. The van der Waals surface area contributed by atoms with Crippen molar-refractivity contribution in [3.05, 3.63) is 70.8 Å². The van der Waals surface area contributed by atoms with E-state index in [2.05, 4.69) is 0 Å². The van der Waals surface area contributed by atoms with E-state index in [1.165, 1.54) is 0 Å². The SMILES string of the molecule is O=C(c1ccc(Cc2ccc(C(=O)C(Cl)Cl)cc2)cc1)C(Cl)Cl. The minimum absolute atomic E-state index is 0.320. The summed E-state index contributed by atoms with van der Waals surface area (Å²) in [6.07, 6.45) is 0.666. The van der Waals surface area contributed by atoms with Crippen LogP contribution in [0.5, 0.6) is 0 Å². The van der Waals surface area contributed by atoms with E-state index in [1.807, 2.05) is 24.3 Å². The van der Waals surface area contributed by atoms with E-state index in [0.717, 1.165) is 11.1 Å². The van der Waals surface area contributed by atoms with Crippen LogP contribution in [0.3, 0.4) is 0 Å². The topological polar surface area (TPSA) is 34.1 Å². The lowest BCUT2D eigenvalue weighted by Crippen LogP contribution is -2.08. The minimum Gasteiger partial charge on any atom is -0.291 e. The second-order valence-corrected chi connectivity index (χ2v) is 7.09. The van der Waals surface area contributed by atoms with Crippen molar-refractivity contribution < 1.29 is 9.59 Å². The zero-order valence-corrected chi connectivity index (χ0v) is 14.8. The summed E-state index contributed by atoms with van der Waals surface area (Å²) in [5, 5.41) is 0. The van der Waals surface area contributed by atoms with Crippen LogP contribution >= 0.6 is 46.4 Å². The number of ketones is 2. The molecule has 0 saturated carbocycles. The molecule has 0 aliphatic heterocycles. The average Bonchev–Trinajstić information content (AvgIpc) is 2.54. The van der Waals surface area contributed by atoms with Crippen LogP contribution in [0.25, 0.3) is 0 Å². The first-order valence-corrected chi connectivity index (χ1v) is 8.45. The third kappa shape index (κ3) is 4.95. The van der Waals surface area contributed by atoms with Crippen LogP contribution in [-0.4, -0.2) is 21.2 Å². The summed E-state index contributed by atoms with van der Waals surface area (Å²) < 4.78 is 0. The van der Waals surface area contributed by atoms with E-state index in [1.54, 1.807) is 24.3 Å². The lowest BCUT2D eigenvalue weighted by Gasteiger charge is -2.06. The molecule has 0 amide bonds. The largest absolute Gasteiger partial charge is 0.291 e. The van der Waals surface area contributed by atoms with Crippen LogP contribution in [0, 0.1) is 0 Å². The van der Waals surface area contributed by atoms with Gasteiger partial charge in [-0.3, -0.25) is 9.59 Å². The molecule has 0 atom stereocenters. The molecular weight excluding hydrogens is 378 g/mol. The smallest absolute Gasteiger partial charge is 0.195 e. The third-order valence-electron chi connectivity index (χ3n) is 3.28. The Balaban J connectivity index is 2.08. The molecule has 2 aromatic rings. The maximum absolute atomic E-state index is 11.7. The first-order valence-electron chi connectivity index (χ1n) is 6.71. The zero-order chi connectivity index (χ0) is 17.0. The van der Waals surface area contributed by atoms with Gasteiger partial charge in [-0.2, -0.15) is 0 Å². The summed E-state index contributed by atoms with van der Waals surface area (Å²) in [7, 11) is 0. The number of rotatable bonds is 6. The van der Waals surface area contributed by atoms with Crippen LogP contribution in [-0.2, 0) is 6.42 Å². The molecule has 2 aromatic carbocycles. The molecule has 0 spiro atoms. The summed E-state index contributed by atoms with van der Waals surface area (Å²) in [5.41, 5.74) is 2.99. The Labute approximate surface area is 154 Å². The van der Waals surface area contributed by atoms with Crippen LogP contribution in [0.4, 0.5) is 0 Å². The maximum Gasteiger partial charge on any atom is 0.195 e. The molecule has 0 aliphatic carbocycles. The molecule has 0 fully saturated rings.